The highest BCUT2D eigenvalue weighted by Gasteiger charge is 2.49. The third kappa shape index (κ3) is 2.64. The van der Waals surface area contributed by atoms with Gasteiger partial charge in [0, 0.05) is 24.4 Å². The SMILES string of the molecule is COc1cc([C@@H]2c3cc4c(cc3[C@@H]3OC[C@@H]2[C@H]3CO)OCO4)cc(OC)c1OC. The van der Waals surface area contributed by atoms with E-state index in [0.29, 0.717) is 23.9 Å². The van der Waals surface area contributed by atoms with Crippen molar-refractivity contribution in [2.75, 3.05) is 41.3 Å². The molecule has 0 radical (unpaired) electrons. The van der Waals surface area contributed by atoms with Crippen LogP contribution in [0.15, 0.2) is 24.3 Å². The van der Waals surface area contributed by atoms with Crippen LogP contribution in [0.4, 0.5) is 0 Å². The first-order valence-corrected chi connectivity index (χ1v) is 9.66. The number of hydrogen-bond acceptors (Lipinski definition) is 7. The number of rotatable bonds is 5. The summed E-state index contributed by atoms with van der Waals surface area (Å²) in [5.41, 5.74) is 3.19. The third-order valence-corrected chi connectivity index (χ3v) is 6.31. The molecule has 1 N–H and O–H groups in total. The van der Waals surface area contributed by atoms with E-state index in [1.807, 2.05) is 24.3 Å². The molecule has 0 aromatic heterocycles. The number of aliphatic hydroxyl groups excluding tert-OH is 1. The topological polar surface area (TPSA) is 75.6 Å². The number of hydrogen-bond donors (Lipinski definition) is 1. The molecule has 2 bridgehead atoms. The van der Waals surface area contributed by atoms with E-state index in [-0.39, 0.29) is 37.3 Å². The summed E-state index contributed by atoms with van der Waals surface area (Å²) in [4.78, 5) is 0. The van der Waals surface area contributed by atoms with Crippen molar-refractivity contribution in [2.24, 2.45) is 11.8 Å². The van der Waals surface area contributed by atoms with Gasteiger partial charge in [-0.3, -0.25) is 0 Å². The molecule has 2 aromatic carbocycles. The predicted molar refractivity (Wildman–Crippen MR) is 103 cm³/mol. The molecular formula is C22H24O7. The van der Waals surface area contributed by atoms with Crippen molar-refractivity contribution in [3.63, 3.8) is 0 Å². The first-order chi connectivity index (χ1) is 14.2. The van der Waals surface area contributed by atoms with E-state index < -0.39 is 0 Å². The lowest BCUT2D eigenvalue weighted by molar-refractivity contribution is 0.0694. The molecule has 0 saturated carbocycles. The molecule has 5 rings (SSSR count). The molecule has 1 aliphatic carbocycles. The summed E-state index contributed by atoms with van der Waals surface area (Å²) < 4.78 is 34.0. The van der Waals surface area contributed by atoms with Crippen molar-refractivity contribution in [1.82, 2.24) is 0 Å². The Kier molecular flexibility index (Phi) is 4.44. The molecule has 29 heavy (non-hydrogen) atoms. The lowest BCUT2D eigenvalue weighted by Gasteiger charge is -2.36. The zero-order valence-corrected chi connectivity index (χ0v) is 16.6. The zero-order valence-electron chi connectivity index (χ0n) is 16.6. The Bertz CT molecular complexity index is 916. The molecule has 1 saturated heterocycles. The summed E-state index contributed by atoms with van der Waals surface area (Å²) in [5, 5.41) is 10.1. The van der Waals surface area contributed by atoms with Gasteiger partial charge in [-0.2, -0.15) is 0 Å². The molecule has 0 amide bonds. The maximum atomic E-state index is 10.1. The van der Waals surface area contributed by atoms with Gasteiger partial charge in [0.1, 0.15) is 0 Å². The monoisotopic (exact) mass is 400 g/mol. The Labute approximate surface area is 169 Å². The molecule has 7 heteroatoms. The number of benzene rings is 2. The van der Waals surface area contributed by atoms with Crippen molar-refractivity contribution in [2.45, 2.75) is 12.0 Å². The van der Waals surface area contributed by atoms with Crippen molar-refractivity contribution < 1.29 is 33.5 Å². The summed E-state index contributed by atoms with van der Waals surface area (Å²) in [7, 11) is 4.81. The van der Waals surface area contributed by atoms with Crippen LogP contribution >= 0.6 is 0 Å². The molecule has 2 heterocycles. The first-order valence-electron chi connectivity index (χ1n) is 9.66. The summed E-state index contributed by atoms with van der Waals surface area (Å²) >= 11 is 0. The van der Waals surface area contributed by atoms with E-state index in [9.17, 15) is 5.11 Å². The summed E-state index contributed by atoms with van der Waals surface area (Å²) in [6.07, 6.45) is -0.146. The Hall–Kier alpha value is -2.64. The van der Waals surface area contributed by atoms with Crippen molar-refractivity contribution in [3.8, 4) is 28.7 Å². The van der Waals surface area contributed by atoms with E-state index in [1.54, 1.807) is 21.3 Å². The molecule has 2 aliphatic heterocycles. The minimum atomic E-state index is -0.146. The fraction of sp³-hybridized carbons (Fsp3) is 0.455. The molecule has 3 aliphatic rings. The van der Waals surface area contributed by atoms with Gasteiger partial charge in [0.15, 0.2) is 23.0 Å². The molecule has 1 fully saturated rings. The molecule has 0 unspecified atom stereocenters. The van der Waals surface area contributed by atoms with Crippen LogP contribution in [0.2, 0.25) is 0 Å². The highest BCUT2D eigenvalue weighted by molar-refractivity contribution is 5.59. The first kappa shape index (κ1) is 18.4. The van der Waals surface area contributed by atoms with Crippen LogP contribution in [0.25, 0.3) is 0 Å². The number of aliphatic hydroxyl groups is 1. The van der Waals surface area contributed by atoms with Gasteiger partial charge in [-0.25, -0.2) is 0 Å². The van der Waals surface area contributed by atoms with Gasteiger partial charge in [-0.15, -0.1) is 0 Å². The quantitative estimate of drug-likeness (QED) is 0.827. The van der Waals surface area contributed by atoms with Gasteiger partial charge in [-0.05, 0) is 41.0 Å². The van der Waals surface area contributed by atoms with Gasteiger partial charge >= 0.3 is 0 Å². The maximum Gasteiger partial charge on any atom is 0.231 e. The third-order valence-electron chi connectivity index (χ3n) is 6.31. The van der Waals surface area contributed by atoms with Crippen molar-refractivity contribution in [1.29, 1.82) is 0 Å². The molecule has 7 nitrogen and oxygen atoms in total. The fourth-order valence-corrected chi connectivity index (χ4v) is 5.01. The van der Waals surface area contributed by atoms with Gasteiger partial charge < -0.3 is 33.5 Å². The number of fused-ring (bicyclic) bond motifs is 5. The van der Waals surface area contributed by atoms with Gasteiger partial charge in [-0.1, -0.05) is 0 Å². The van der Waals surface area contributed by atoms with Crippen molar-refractivity contribution in [3.05, 3.63) is 41.0 Å². The molecule has 154 valence electrons. The van der Waals surface area contributed by atoms with E-state index >= 15 is 0 Å². The number of methoxy groups -OCH3 is 3. The van der Waals surface area contributed by atoms with Crippen LogP contribution in [-0.2, 0) is 4.74 Å². The van der Waals surface area contributed by atoms with Gasteiger partial charge in [0.2, 0.25) is 12.5 Å². The second kappa shape index (κ2) is 7.00. The largest absolute Gasteiger partial charge is 0.493 e. The summed E-state index contributed by atoms with van der Waals surface area (Å²) in [5.74, 6) is 3.34. The Morgan fingerprint density at radius 1 is 0.931 bits per heavy atom. The molecule has 0 spiro atoms. The van der Waals surface area contributed by atoms with E-state index in [0.717, 1.165) is 28.2 Å². The highest BCUT2D eigenvalue weighted by atomic mass is 16.7. The standard InChI is InChI=1S/C22H24O7/c1-24-18-4-11(5-19(25-2)22(18)26-3)20-12-6-16-17(29-10-28-16)7-13(12)21-14(8-23)15(20)9-27-21/h4-7,14-15,20-21,23H,8-10H2,1-3H3/t14-,15-,20-,21+/m1/s1. The maximum absolute atomic E-state index is 10.1. The minimum Gasteiger partial charge on any atom is -0.493 e. The summed E-state index contributed by atoms with van der Waals surface area (Å²) in [6, 6.07) is 8.01. The second-order valence-corrected chi connectivity index (χ2v) is 7.53. The lowest BCUT2D eigenvalue weighted by atomic mass is 9.67. The molecule has 4 atom stereocenters. The lowest BCUT2D eigenvalue weighted by Crippen LogP contribution is -2.31. The predicted octanol–water partition coefficient (Wildman–Crippen LogP) is 2.88. The van der Waals surface area contributed by atoms with E-state index in [1.165, 1.54) is 0 Å². The average Bonchev–Trinajstić information content (AvgIpc) is 3.35. The number of ether oxygens (including phenoxy) is 6. The van der Waals surface area contributed by atoms with Crippen LogP contribution in [0.5, 0.6) is 28.7 Å². The smallest absolute Gasteiger partial charge is 0.231 e. The van der Waals surface area contributed by atoms with Crippen LogP contribution in [0.1, 0.15) is 28.7 Å². The van der Waals surface area contributed by atoms with Crippen LogP contribution in [-0.4, -0.2) is 46.4 Å². The van der Waals surface area contributed by atoms with Crippen LogP contribution in [0.3, 0.4) is 0 Å². The molecule has 2 aromatic rings. The van der Waals surface area contributed by atoms with Crippen molar-refractivity contribution >= 4 is 0 Å². The highest BCUT2D eigenvalue weighted by Crippen LogP contribution is 2.57. The Morgan fingerprint density at radius 3 is 2.17 bits per heavy atom. The Balaban J connectivity index is 1.71. The average molecular weight is 400 g/mol. The normalized spacial score (nSPS) is 26.2. The van der Waals surface area contributed by atoms with E-state index in [2.05, 4.69) is 0 Å². The Morgan fingerprint density at radius 2 is 1.59 bits per heavy atom. The minimum absolute atomic E-state index is 0.00645. The van der Waals surface area contributed by atoms with E-state index in [4.69, 9.17) is 28.4 Å². The van der Waals surface area contributed by atoms with Crippen LogP contribution < -0.4 is 23.7 Å². The van der Waals surface area contributed by atoms with Gasteiger partial charge in [0.05, 0.1) is 34.0 Å². The zero-order chi connectivity index (χ0) is 20.1. The summed E-state index contributed by atoms with van der Waals surface area (Å²) in [6.45, 7) is 0.841. The van der Waals surface area contributed by atoms with Gasteiger partial charge in [0.25, 0.3) is 0 Å². The molecular weight excluding hydrogens is 376 g/mol. The second-order valence-electron chi connectivity index (χ2n) is 7.53. The van der Waals surface area contributed by atoms with Crippen LogP contribution in [0, 0.1) is 11.8 Å². The fourth-order valence-electron chi connectivity index (χ4n) is 5.01.